The third-order valence-corrected chi connectivity index (χ3v) is 7.06. The molecule has 0 radical (unpaired) electrons. The van der Waals surface area contributed by atoms with Gasteiger partial charge in [-0.3, -0.25) is 4.40 Å². The van der Waals surface area contributed by atoms with Crippen LogP contribution < -0.4 is 14.8 Å². The van der Waals surface area contributed by atoms with E-state index in [1.165, 1.54) is 38.5 Å². The number of ether oxygens (including phenoxy) is 2. The molecule has 1 aliphatic carbocycles. The van der Waals surface area contributed by atoms with E-state index < -0.39 is 17.7 Å². The van der Waals surface area contributed by atoms with Crippen molar-refractivity contribution >= 4 is 33.4 Å². The highest BCUT2D eigenvalue weighted by atomic mass is 79.9. The molecule has 2 heterocycles. The van der Waals surface area contributed by atoms with Crippen molar-refractivity contribution in [3.8, 4) is 22.8 Å². The van der Waals surface area contributed by atoms with E-state index in [1.54, 1.807) is 18.2 Å². The van der Waals surface area contributed by atoms with E-state index in [2.05, 4.69) is 21.2 Å². The minimum Gasteiger partial charge on any atom is -0.493 e. The van der Waals surface area contributed by atoms with Gasteiger partial charge in [0.15, 0.2) is 11.5 Å². The van der Waals surface area contributed by atoms with E-state index >= 15 is 0 Å². The van der Waals surface area contributed by atoms with Gasteiger partial charge in [0.1, 0.15) is 17.2 Å². The van der Waals surface area contributed by atoms with Crippen LogP contribution in [0.1, 0.15) is 48.0 Å². The molecule has 0 amide bonds. The van der Waals surface area contributed by atoms with E-state index in [0.29, 0.717) is 11.7 Å². The molecular formula is C28H25BrF3N3O3. The zero-order valence-corrected chi connectivity index (χ0v) is 22.1. The Morgan fingerprint density at radius 2 is 1.84 bits per heavy atom. The van der Waals surface area contributed by atoms with Gasteiger partial charge in [-0.2, -0.15) is 13.2 Å². The summed E-state index contributed by atoms with van der Waals surface area (Å²) in [4.78, 5) is 17.5. The van der Waals surface area contributed by atoms with Crippen molar-refractivity contribution in [3.63, 3.8) is 0 Å². The largest absolute Gasteiger partial charge is 0.493 e. The predicted molar refractivity (Wildman–Crippen MR) is 142 cm³/mol. The number of carbonyl (C=O) groups excluding carboxylic acids is 1. The first-order valence-corrected chi connectivity index (χ1v) is 13.0. The molecule has 1 aliphatic rings. The number of imidazole rings is 1. The fourth-order valence-corrected chi connectivity index (χ4v) is 5.02. The predicted octanol–water partition coefficient (Wildman–Crippen LogP) is 7.76. The van der Waals surface area contributed by atoms with Gasteiger partial charge in [-0.1, -0.05) is 25.3 Å². The average Bonchev–Trinajstić information content (AvgIpc) is 3.26. The number of rotatable bonds is 6. The normalized spacial score (nSPS) is 14.4. The summed E-state index contributed by atoms with van der Waals surface area (Å²) in [7, 11) is 1.43. The summed E-state index contributed by atoms with van der Waals surface area (Å²) in [5.74, 6) is 0.278. The standard InChI is InChI=1S/C28H25BrF3N3O3/c1-37-23-15-17(10-12-22(23)38-27(36)18-6-5-7-19(14-18)28(30,31)32)25-26(33-21-8-3-2-4-9-21)35-16-20(29)11-13-24(35)34-25/h5-7,10-16,21,33H,2-4,8-9H2,1H3. The zero-order chi connectivity index (χ0) is 26.9. The van der Waals surface area contributed by atoms with Crippen LogP contribution in [0.3, 0.4) is 0 Å². The zero-order valence-electron chi connectivity index (χ0n) is 20.5. The van der Waals surface area contributed by atoms with E-state index in [0.717, 1.165) is 46.5 Å². The van der Waals surface area contributed by atoms with Crippen LogP contribution in [0.2, 0.25) is 0 Å². The van der Waals surface area contributed by atoms with Crippen molar-refractivity contribution in [1.29, 1.82) is 0 Å². The number of anilines is 1. The number of methoxy groups -OCH3 is 1. The van der Waals surface area contributed by atoms with Gasteiger partial charge in [-0.25, -0.2) is 9.78 Å². The van der Waals surface area contributed by atoms with Crippen LogP contribution in [0.15, 0.2) is 65.3 Å². The lowest BCUT2D eigenvalue weighted by molar-refractivity contribution is -0.137. The lowest BCUT2D eigenvalue weighted by atomic mass is 9.95. The number of nitrogens with zero attached hydrogens (tertiary/aromatic N) is 2. The monoisotopic (exact) mass is 587 g/mol. The van der Waals surface area contributed by atoms with Gasteiger partial charge in [0.25, 0.3) is 0 Å². The van der Waals surface area contributed by atoms with Gasteiger partial charge in [-0.05, 0) is 77.3 Å². The maximum absolute atomic E-state index is 13.1. The number of fused-ring (bicyclic) bond motifs is 1. The van der Waals surface area contributed by atoms with E-state index in [9.17, 15) is 18.0 Å². The summed E-state index contributed by atoms with van der Waals surface area (Å²) in [5, 5.41) is 3.68. The fourth-order valence-electron chi connectivity index (χ4n) is 4.68. The molecule has 38 heavy (non-hydrogen) atoms. The maximum atomic E-state index is 13.1. The summed E-state index contributed by atoms with van der Waals surface area (Å²) in [6.45, 7) is 0. The Balaban J connectivity index is 1.47. The molecule has 0 saturated heterocycles. The number of aromatic nitrogens is 2. The Kier molecular flexibility index (Phi) is 7.34. The quantitative estimate of drug-likeness (QED) is 0.184. The molecule has 1 N–H and O–H groups in total. The highest BCUT2D eigenvalue weighted by Gasteiger charge is 2.31. The first-order chi connectivity index (χ1) is 18.2. The Morgan fingerprint density at radius 1 is 1.05 bits per heavy atom. The molecule has 0 unspecified atom stereocenters. The highest BCUT2D eigenvalue weighted by Crippen LogP contribution is 2.38. The number of halogens is 4. The van der Waals surface area contributed by atoms with Crippen LogP contribution >= 0.6 is 15.9 Å². The van der Waals surface area contributed by atoms with Crippen LogP contribution in [0, 0.1) is 0 Å². The molecule has 198 valence electrons. The topological polar surface area (TPSA) is 64.9 Å². The van der Waals surface area contributed by atoms with Crippen molar-refractivity contribution < 1.29 is 27.4 Å². The van der Waals surface area contributed by atoms with Crippen LogP contribution in [0.5, 0.6) is 11.5 Å². The van der Waals surface area contributed by atoms with Crippen LogP contribution in [-0.4, -0.2) is 28.5 Å². The van der Waals surface area contributed by atoms with Gasteiger partial charge in [0.2, 0.25) is 0 Å². The third kappa shape index (κ3) is 5.50. The Bertz CT molecular complexity index is 1480. The van der Waals surface area contributed by atoms with Crippen molar-refractivity contribution in [2.24, 2.45) is 0 Å². The minimum atomic E-state index is -4.57. The second-order valence-corrected chi connectivity index (χ2v) is 10.1. The Hall–Kier alpha value is -3.53. The summed E-state index contributed by atoms with van der Waals surface area (Å²) in [6, 6.07) is 13.3. The number of alkyl halides is 3. The highest BCUT2D eigenvalue weighted by molar-refractivity contribution is 9.10. The molecule has 6 nitrogen and oxygen atoms in total. The van der Waals surface area contributed by atoms with Crippen LogP contribution in [0.4, 0.5) is 19.0 Å². The van der Waals surface area contributed by atoms with Crippen molar-refractivity contribution in [2.45, 2.75) is 44.3 Å². The molecule has 2 aromatic heterocycles. The Morgan fingerprint density at radius 3 is 2.58 bits per heavy atom. The fraction of sp³-hybridized carbons (Fsp3) is 0.286. The van der Waals surface area contributed by atoms with E-state index in [4.69, 9.17) is 14.5 Å². The Labute approximate surface area is 225 Å². The summed E-state index contributed by atoms with van der Waals surface area (Å²) in [6.07, 6.45) is 3.13. The molecule has 1 saturated carbocycles. The van der Waals surface area contributed by atoms with Crippen molar-refractivity contribution in [3.05, 3.63) is 76.4 Å². The van der Waals surface area contributed by atoms with Gasteiger partial charge in [-0.15, -0.1) is 0 Å². The summed E-state index contributed by atoms with van der Waals surface area (Å²) in [5.41, 5.74) is 1.07. The molecular weight excluding hydrogens is 563 g/mol. The molecule has 0 bridgehead atoms. The number of esters is 1. The SMILES string of the molecule is COc1cc(-c2nc3ccc(Br)cn3c2NC2CCCCC2)ccc1OC(=O)c1cccc(C(F)(F)F)c1. The number of nitrogens with one attached hydrogen (secondary N) is 1. The van der Waals surface area contributed by atoms with Gasteiger partial charge in [0.05, 0.1) is 18.2 Å². The molecule has 2 aromatic carbocycles. The smallest absolute Gasteiger partial charge is 0.416 e. The average molecular weight is 588 g/mol. The molecule has 0 aliphatic heterocycles. The number of benzene rings is 2. The maximum Gasteiger partial charge on any atom is 0.416 e. The van der Waals surface area contributed by atoms with E-state index in [-0.39, 0.29) is 17.1 Å². The number of hydrogen-bond acceptors (Lipinski definition) is 5. The minimum absolute atomic E-state index is 0.0898. The first kappa shape index (κ1) is 26.1. The van der Waals surface area contributed by atoms with Crippen LogP contribution in [-0.2, 0) is 6.18 Å². The molecule has 4 aromatic rings. The van der Waals surface area contributed by atoms with Crippen molar-refractivity contribution in [2.75, 3.05) is 12.4 Å². The molecule has 0 atom stereocenters. The lowest BCUT2D eigenvalue weighted by Crippen LogP contribution is -2.23. The molecule has 10 heteroatoms. The van der Waals surface area contributed by atoms with Gasteiger partial charge >= 0.3 is 12.1 Å². The third-order valence-electron chi connectivity index (χ3n) is 6.59. The number of carbonyl (C=O) groups is 1. The number of pyridine rings is 1. The molecule has 0 spiro atoms. The van der Waals surface area contributed by atoms with Crippen LogP contribution in [0.25, 0.3) is 16.9 Å². The first-order valence-electron chi connectivity index (χ1n) is 12.2. The molecule has 5 rings (SSSR count). The van der Waals surface area contributed by atoms with E-state index in [1.807, 2.05) is 22.7 Å². The summed E-state index contributed by atoms with van der Waals surface area (Å²) >= 11 is 3.54. The second-order valence-electron chi connectivity index (χ2n) is 9.20. The lowest BCUT2D eigenvalue weighted by Gasteiger charge is -2.24. The number of hydrogen-bond donors (Lipinski definition) is 1. The second kappa shape index (κ2) is 10.7. The van der Waals surface area contributed by atoms with Gasteiger partial charge in [0, 0.05) is 22.3 Å². The van der Waals surface area contributed by atoms with Crippen molar-refractivity contribution in [1.82, 2.24) is 9.38 Å². The summed E-state index contributed by atoms with van der Waals surface area (Å²) < 4.78 is 53.1. The van der Waals surface area contributed by atoms with Gasteiger partial charge < -0.3 is 14.8 Å². The molecule has 1 fully saturated rings.